The third-order valence-corrected chi connectivity index (χ3v) is 8.08. The fraction of sp³-hybridized carbons (Fsp3) is 0.667. The second-order valence-electron chi connectivity index (χ2n) is 8.72. The lowest BCUT2D eigenvalue weighted by Crippen LogP contribution is -2.46. The Morgan fingerprint density at radius 2 is 1.80 bits per heavy atom. The normalized spacial score (nSPS) is 21.8. The molecule has 1 amide bonds. The van der Waals surface area contributed by atoms with Crippen LogP contribution >= 0.6 is 0 Å². The molecule has 2 aliphatic rings. The van der Waals surface area contributed by atoms with E-state index in [1.54, 1.807) is 22.9 Å². The molecule has 0 saturated carbocycles. The first-order valence-electron chi connectivity index (χ1n) is 11.0. The van der Waals surface area contributed by atoms with Gasteiger partial charge >= 0.3 is 0 Å². The van der Waals surface area contributed by atoms with Crippen LogP contribution in [0, 0.1) is 5.92 Å². The molecule has 0 N–H and O–H groups in total. The predicted molar refractivity (Wildman–Crippen MR) is 114 cm³/mol. The van der Waals surface area contributed by atoms with E-state index in [-0.39, 0.29) is 29.3 Å². The van der Waals surface area contributed by atoms with Crippen LogP contribution in [-0.4, -0.2) is 64.7 Å². The number of amides is 1. The van der Waals surface area contributed by atoms with Gasteiger partial charge in [0.2, 0.25) is 15.9 Å². The maximum Gasteiger partial charge on any atom is 0.243 e. The molecule has 1 aromatic heterocycles. The number of carbonyl (C=O) groups excluding carboxylic acids is 1. The first-order chi connectivity index (χ1) is 14.4. The molecule has 0 radical (unpaired) electrons. The van der Waals surface area contributed by atoms with E-state index in [1.807, 2.05) is 18.7 Å². The van der Waals surface area contributed by atoms with Crippen molar-refractivity contribution in [3.63, 3.8) is 0 Å². The minimum absolute atomic E-state index is 0.118. The van der Waals surface area contributed by atoms with Crippen LogP contribution < -0.4 is 0 Å². The van der Waals surface area contributed by atoms with Crippen molar-refractivity contribution in [2.24, 2.45) is 5.92 Å². The first-order valence-corrected chi connectivity index (χ1v) is 12.5. The number of aromatic nitrogens is 3. The van der Waals surface area contributed by atoms with Crippen molar-refractivity contribution in [1.29, 1.82) is 0 Å². The van der Waals surface area contributed by atoms with Crippen molar-refractivity contribution >= 4 is 27.0 Å². The summed E-state index contributed by atoms with van der Waals surface area (Å²) in [7, 11) is -3.68. The van der Waals surface area contributed by atoms with Gasteiger partial charge in [0.1, 0.15) is 5.52 Å². The largest absolute Gasteiger partial charge is 0.342 e. The summed E-state index contributed by atoms with van der Waals surface area (Å²) in [5.74, 6) is -0.135. The smallest absolute Gasteiger partial charge is 0.243 e. The number of hydrogen-bond donors (Lipinski definition) is 0. The van der Waals surface area contributed by atoms with Gasteiger partial charge in [0.15, 0.2) is 0 Å². The third kappa shape index (κ3) is 4.09. The molecule has 2 fully saturated rings. The highest BCUT2D eigenvalue weighted by Gasteiger charge is 2.35. The second kappa shape index (κ2) is 8.63. The van der Waals surface area contributed by atoms with Crippen LogP contribution in [0.1, 0.15) is 58.4 Å². The van der Waals surface area contributed by atoms with Gasteiger partial charge in [0.25, 0.3) is 0 Å². The van der Waals surface area contributed by atoms with Crippen LogP contribution in [0.3, 0.4) is 0 Å². The Hall–Kier alpha value is -2.00. The molecule has 2 saturated heterocycles. The zero-order chi connectivity index (χ0) is 21.3. The average Bonchev–Trinajstić information content (AvgIpc) is 2.99. The molecule has 8 nitrogen and oxygen atoms in total. The average molecular weight is 434 g/mol. The van der Waals surface area contributed by atoms with E-state index in [0.717, 1.165) is 37.9 Å². The first kappa shape index (κ1) is 21.2. The molecular weight excluding hydrogens is 402 g/mol. The van der Waals surface area contributed by atoms with Gasteiger partial charge in [-0.05, 0) is 57.7 Å². The number of nitrogens with zero attached hydrogens (tertiary/aromatic N) is 5. The van der Waals surface area contributed by atoms with E-state index in [2.05, 4.69) is 10.3 Å². The highest BCUT2D eigenvalue weighted by molar-refractivity contribution is 7.89. The number of likely N-dealkylation sites (tertiary alicyclic amines) is 1. The number of hydrogen-bond acceptors (Lipinski definition) is 5. The zero-order valence-electron chi connectivity index (χ0n) is 17.8. The Morgan fingerprint density at radius 3 is 2.50 bits per heavy atom. The van der Waals surface area contributed by atoms with E-state index >= 15 is 0 Å². The summed E-state index contributed by atoms with van der Waals surface area (Å²) in [5, 5.41) is 8.27. The van der Waals surface area contributed by atoms with Crippen LogP contribution in [0.2, 0.25) is 0 Å². The Balaban J connectivity index is 1.53. The summed E-state index contributed by atoms with van der Waals surface area (Å²) in [6.07, 6.45) is 5.87. The summed E-state index contributed by atoms with van der Waals surface area (Å²) in [5.41, 5.74) is 1.38. The molecule has 30 heavy (non-hydrogen) atoms. The number of fused-ring (bicyclic) bond motifs is 1. The van der Waals surface area contributed by atoms with Crippen LogP contribution in [0.25, 0.3) is 11.0 Å². The fourth-order valence-corrected chi connectivity index (χ4v) is 6.07. The number of carbonyl (C=O) groups is 1. The lowest BCUT2D eigenvalue weighted by atomic mass is 9.98. The van der Waals surface area contributed by atoms with E-state index in [1.165, 1.54) is 17.1 Å². The van der Waals surface area contributed by atoms with Gasteiger partial charge in [0.05, 0.1) is 16.3 Å². The van der Waals surface area contributed by atoms with E-state index in [9.17, 15) is 13.2 Å². The molecule has 0 spiro atoms. The molecule has 3 heterocycles. The van der Waals surface area contributed by atoms with Gasteiger partial charge < -0.3 is 4.90 Å². The van der Waals surface area contributed by atoms with Crippen molar-refractivity contribution in [2.75, 3.05) is 26.2 Å². The summed E-state index contributed by atoms with van der Waals surface area (Å²) in [4.78, 5) is 15.2. The zero-order valence-corrected chi connectivity index (χ0v) is 18.6. The summed E-state index contributed by atoms with van der Waals surface area (Å²) in [6.45, 7) is 6.31. The fourth-order valence-electron chi connectivity index (χ4n) is 4.52. The monoisotopic (exact) mass is 433 g/mol. The maximum atomic E-state index is 13.3. The standard InChI is InChI=1S/C21H31N5O3S/c1-16(2)26-20-10-9-18(14-19(20)22-23-26)30(28,29)25-13-7-8-17(15-25)21(27)24-11-5-3-4-6-12-24/h9-10,14,16-17H,3-8,11-13,15H2,1-2H3/t17-/m0/s1. The third-order valence-electron chi connectivity index (χ3n) is 6.22. The van der Waals surface area contributed by atoms with Gasteiger partial charge in [0, 0.05) is 32.2 Å². The topological polar surface area (TPSA) is 88.4 Å². The summed E-state index contributed by atoms with van der Waals surface area (Å²) < 4.78 is 29.9. The van der Waals surface area contributed by atoms with Gasteiger partial charge in [-0.3, -0.25) is 4.79 Å². The second-order valence-corrected chi connectivity index (χ2v) is 10.7. The minimum Gasteiger partial charge on any atom is -0.342 e. The van der Waals surface area contributed by atoms with Crippen LogP contribution in [0.4, 0.5) is 0 Å². The number of piperidine rings is 1. The quantitative estimate of drug-likeness (QED) is 0.740. The van der Waals surface area contributed by atoms with Crippen molar-refractivity contribution in [1.82, 2.24) is 24.2 Å². The van der Waals surface area contributed by atoms with E-state index in [4.69, 9.17) is 0 Å². The Morgan fingerprint density at radius 1 is 1.07 bits per heavy atom. The molecule has 164 valence electrons. The number of benzene rings is 1. The molecule has 4 rings (SSSR count). The SMILES string of the molecule is CC(C)n1nnc2cc(S(=O)(=O)N3CCC[C@H](C(=O)N4CCCCCC4)C3)ccc21. The van der Waals surface area contributed by atoms with Crippen molar-refractivity contribution in [3.05, 3.63) is 18.2 Å². The Labute approximate surface area is 178 Å². The van der Waals surface area contributed by atoms with Gasteiger partial charge in [-0.2, -0.15) is 4.31 Å². The number of rotatable bonds is 4. The summed E-state index contributed by atoms with van der Waals surface area (Å²) in [6, 6.07) is 5.13. The molecule has 0 unspecified atom stereocenters. The molecule has 2 aliphatic heterocycles. The molecule has 1 atom stereocenters. The van der Waals surface area contributed by atoms with Crippen molar-refractivity contribution in [2.45, 2.75) is 63.3 Å². The highest BCUT2D eigenvalue weighted by atomic mass is 32.2. The lowest BCUT2D eigenvalue weighted by Gasteiger charge is -2.34. The number of sulfonamides is 1. The van der Waals surface area contributed by atoms with Gasteiger partial charge in [-0.25, -0.2) is 13.1 Å². The van der Waals surface area contributed by atoms with E-state index in [0.29, 0.717) is 18.5 Å². The molecule has 9 heteroatoms. The Kier molecular flexibility index (Phi) is 6.11. The molecular formula is C21H31N5O3S. The van der Waals surface area contributed by atoms with E-state index < -0.39 is 10.0 Å². The molecule has 2 aromatic rings. The van der Waals surface area contributed by atoms with Gasteiger partial charge in [-0.1, -0.05) is 18.1 Å². The molecule has 0 aliphatic carbocycles. The predicted octanol–water partition coefficient (Wildman–Crippen LogP) is 2.82. The van der Waals surface area contributed by atoms with Gasteiger partial charge in [-0.15, -0.1) is 5.10 Å². The summed E-state index contributed by atoms with van der Waals surface area (Å²) >= 11 is 0. The van der Waals surface area contributed by atoms with Crippen LogP contribution in [-0.2, 0) is 14.8 Å². The Bertz CT molecular complexity index is 1010. The van der Waals surface area contributed by atoms with Crippen molar-refractivity contribution in [3.8, 4) is 0 Å². The minimum atomic E-state index is -3.68. The highest BCUT2D eigenvalue weighted by Crippen LogP contribution is 2.27. The van der Waals surface area contributed by atoms with Crippen LogP contribution in [0.5, 0.6) is 0 Å². The van der Waals surface area contributed by atoms with Crippen LogP contribution in [0.15, 0.2) is 23.1 Å². The lowest BCUT2D eigenvalue weighted by molar-refractivity contribution is -0.136. The maximum absolute atomic E-state index is 13.3. The molecule has 1 aromatic carbocycles. The molecule has 0 bridgehead atoms. The van der Waals surface area contributed by atoms with Crippen molar-refractivity contribution < 1.29 is 13.2 Å².